The van der Waals surface area contributed by atoms with Crippen LogP contribution in [0.15, 0.2) is 112 Å². The molecule has 36 heavy (non-hydrogen) atoms. The number of carbonyl (C=O) groups is 2. The first-order valence-electron chi connectivity index (χ1n) is 11.7. The Kier molecular flexibility index (Phi) is 6.58. The number of hydrogen-bond acceptors (Lipinski definition) is 5. The highest BCUT2D eigenvalue weighted by Gasteiger charge is 2.28. The maximum Gasteiger partial charge on any atom is 0.338 e. The minimum atomic E-state index is -0.361. The molecule has 3 aromatic carbocycles. The van der Waals surface area contributed by atoms with E-state index in [0.717, 1.165) is 11.1 Å². The molecule has 178 valence electrons. The van der Waals surface area contributed by atoms with Gasteiger partial charge in [-0.1, -0.05) is 60.7 Å². The van der Waals surface area contributed by atoms with Crippen LogP contribution >= 0.6 is 0 Å². The molecule has 0 saturated carbocycles. The molecule has 0 aliphatic carbocycles. The summed E-state index contributed by atoms with van der Waals surface area (Å²) in [6.45, 7) is 2.12. The first kappa shape index (κ1) is 23.1. The van der Waals surface area contributed by atoms with Gasteiger partial charge >= 0.3 is 5.97 Å². The number of benzene rings is 3. The third-order valence-corrected chi connectivity index (χ3v) is 5.85. The fourth-order valence-electron chi connectivity index (χ4n) is 3.92. The number of anilines is 1. The predicted molar refractivity (Wildman–Crippen MR) is 140 cm³/mol. The normalized spacial score (nSPS) is 14.2. The number of carbonyl (C=O) groups excluding carboxylic acids is 2. The Morgan fingerprint density at radius 2 is 1.61 bits per heavy atom. The predicted octanol–water partition coefficient (Wildman–Crippen LogP) is 6.15. The van der Waals surface area contributed by atoms with Crippen LogP contribution in [-0.2, 0) is 16.0 Å². The Morgan fingerprint density at radius 1 is 0.917 bits per heavy atom. The highest BCUT2D eigenvalue weighted by molar-refractivity contribution is 6.32. The van der Waals surface area contributed by atoms with Gasteiger partial charge in [-0.25, -0.2) is 4.79 Å². The molecule has 1 amide bonds. The van der Waals surface area contributed by atoms with Gasteiger partial charge in [0.25, 0.3) is 5.91 Å². The summed E-state index contributed by atoms with van der Waals surface area (Å²) < 4.78 is 11.4. The van der Waals surface area contributed by atoms with E-state index in [-0.39, 0.29) is 11.9 Å². The quantitative estimate of drug-likeness (QED) is 0.237. The lowest BCUT2D eigenvalue weighted by Crippen LogP contribution is -2.21. The molecule has 1 aromatic heterocycles. The van der Waals surface area contributed by atoms with Crippen molar-refractivity contribution >= 4 is 29.4 Å². The van der Waals surface area contributed by atoms with E-state index in [9.17, 15) is 9.59 Å². The Balaban J connectivity index is 1.23. The highest BCUT2D eigenvalue weighted by Crippen LogP contribution is 2.27. The van der Waals surface area contributed by atoms with Gasteiger partial charge in [0.2, 0.25) is 0 Å². The largest absolute Gasteiger partial charge is 0.462 e. The van der Waals surface area contributed by atoms with Crippen molar-refractivity contribution in [3.63, 3.8) is 0 Å². The molecule has 0 saturated heterocycles. The van der Waals surface area contributed by atoms with Gasteiger partial charge in [0, 0.05) is 12.0 Å². The Morgan fingerprint density at radius 3 is 2.33 bits per heavy atom. The zero-order valence-electron chi connectivity index (χ0n) is 19.8. The summed E-state index contributed by atoms with van der Waals surface area (Å²) >= 11 is 0. The van der Waals surface area contributed by atoms with Crippen LogP contribution in [0.4, 0.5) is 5.69 Å². The second-order valence-corrected chi connectivity index (χ2v) is 8.35. The van der Waals surface area contributed by atoms with Crippen LogP contribution in [-0.4, -0.2) is 24.2 Å². The van der Waals surface area contributed by atoms with Crippen LogP contribution in [0.2, 0.25) is 0 Å². The van der Waals surface area contributed by atoms with Crippen molar-refractivity contribution < 1.29 is 18.7 Å². The Labute approximate surface area is 209 Å². The van der Waals surface area contributed by atoms with E-state index in [4.69, 9.17) is 9.15 Å². The van der Waals surface area contributed by atoms with Gasteiger partial charge < -0.3 is 9.15 Å². The molecule has 6 nitrogen and oxygen atoms in total. The third-order valence-electron chi connectivity index (χ3n) is 5.85. The number of furan rings is 1. The number of hydrogen-bond donors (Lipinski definition) is 0. The van der Waals surface area contributed by atoms with Crippen molar-refractivity contribution in [2.24, 2.45) is 5.10 Å². The van der Waals surface area contributed by atoms with Crippen molar-refractivity contribution in [1.29, 1.82) is 0 Å². The molecule has 5 rings (SSSR count). The molecule has 4 aromatic rings. The second-order valence-electron chi connectivity index (χ2n) is 8.35. The SMILES string of the molecule is CC1=NN(c2ccccc2)C(=O)/C1=C\c1ccc(-c2ccc(C(=O)OCCc3ccccc3)cc2)o1. The van der Waals surface area contributed by atoms with Crippen LogP contribution in [0.3, 0.4) is 0 Å². The van der Waals surface area contributed by atoms with Crippen molar-refractivity contribution in [3.05, 3.63) is 120 Å². The molecule has 0 unspecified atom stereocenters. The van der Waals surface area contributed by atoms with Crippen molar-refractivity contribution in [2.45, 2.75) is 13.3 Å². The molecule has 1 aliphatic heterocycles. The lowest BCUT2D eigenvalue weighted by atomic mass is 10.1. The number of amides is 1. The summed E-state index contributed by atoms with van der Waals surface area (Å²) in [4.78, 5) is 25.3. The topological polar surface area (TPSA) is 72.1 Å². The number of nitrogens with zero attached hydrogens (tertiary/aromatic N) is 2. The molecule has 1 aliphatic rings. The van der Waals surface area contributed by atoms with Gasteiger partial charge in [-0.3, -0.25) is 4.79 Å². The van der Waals surface area contributed by atoms with Crippen LogP contribution < -0.4 is 5.01 Å². The fourth-order valence-corrected chi connectivity index (χ4v) is 3.92. The lowest BCUT2D eigenvalue weighted by molar-refractivity contribution is -0.114. The van der Waals surface area contributed by atoms with Gasteiger partial charge in [0.05, 0.1) is 29.1 Å². The molecule has 0 spiro atoms. The van der Waals surface area contributed by atoms with Crippen molar-refractivity contribution in [2.75, 3.05) is 11.6 Å². The molecular formula is C30H24N2O4. The average Bonchev–Trinajstić information content (AvgIpc) is 3.50. The van der Waals surface area contributed by atoms with E-state index < -0.39 is 0 Å². The third kappa shape index (κ3) is 5.03. The van der Waals surface area contributed by atoms with Crippen LogP contribution in [0.1, 0.15) is 28.6 Å². The number of esters is 1. The molecular weight excluding hydrogens is 452 g/mol. The van der Waals surface area contributed by atoms with Gasteiger partial charge in [-0.15, -0.1) is 0 Å². The van der Waals surface area contributed by atoms with Crippen LogP contribution in [0, 0.1) is 0 Å². The molecule has 0 N–H and O–H groups in total. The summed E-state index contributed by atoms with van der Waals surface area (Å²) in [6.07, 6.45) is 2.37. The van der Waals surface area contributed by atoms with E-state index in [0.29, 0.717) is 47.1 Å². The van der Waals surface area contributed by atoms with Gasteiger partial charge in [-0.2, -0.15) is 10.1 Å². The van der Waals surface area contributed by atoms with E-state index in [1.807, 2.05) is 78.9 Å². The number of hydrazone groups is 1. The molecule has 0 atom stereocenters. The lowest BCUT2D eigenvalue weighted by Gasteiger charge is -2.10. The zero-order valence-corrected chi connectivity index (χ0v) is 19.8. The smallest absolute Gasteiger partial charge is 0.338 e. The van der Waals surface area contributed by atoms with E-state index in [1.54, 1.807) is 31.2 Å². The van der Waals surface area contributed by atoms with Crippen LogP contribution in [0.25, 0.3) is 17.4 Å². The molecule has 0 radical (unpaired) electrons. The maximum absolute atomic E-state index is 12.9. The summed E-state index contributed by atoms with van der Waals surface area (Å²) in [5.74, 6) is 0.611. The minimum Gasteiger partial charge on any atom is -0.462 e. The Bertz CT molecular complexity index is 1440. The van der Waals surface area contributed by atoms with Gasteiger partial charge in [0.1, 0.15) is 11.5 Å². The first-order valence-corrected chi connectivity index (χ1v) is 11.7. The molecule has 0 bridgehead atoms. The minimum absolute atomic E-state index is 0.202. The number of ether oxygens (including phenoxy) is 1. The average molecular weight is 477 g/mol. The standard InChI is InChI=1S/C30H24N2O4/c1-21-27(29(33)32(31-21)25-10-6-3-7-11-25)20-26-16-17-28(36-26)23-12-14-24(15-13-23)30(34)35-19-18-22-8-4-2-5-9-22/h2-17,20H,18-19H2,1H3/b27-20-. The maximum atomic E-state index is 12.9. The van der Waals surface area contributed by atoms with Crippen molar-refractivity contribution in [3.8, 4) is 11.3 Å². The second kappa shape index (κ2) is 10.3. The monoisotopic (exact) mass is 476 g/mol. The highest BCUT2D eigenvalue weighted by atomic mass is 16.5. The zero-order chi connectivity index (χ0) is 24.9. The number of para-hydroxylation sites is 1. The fraction of sp³-hybridized carbons (Fsp3) is 0.100. The van der Waals surface area contributed by atoms with Crippen molar-refractivity contribution in [1.82, 2.24) is 0 Å². The summed E-state index contributed by atoms with van der Waals surface area (Å²) in [6, 6.07) is 29.9. The Hall–Kier alpha value is -4.71. The summed E-state index contributed by atoms with van der Waals surface area (Å²) in [5.41, 5.74) is 4.23. The number of rotatable bonds is 7. The molecule has 2 heterocycles. The molecule has 0 fully saturated rings. The van der Waals surface area contributed by atoms with Gasteiger partial charge in [-0.05, 0) is 55.0 Å². The van der Waals surface area contributed by atoms with E-state index in [2.05, 4.69) is 5.10 Å². The van der Waals surface area contributed by atoms with E-state index >= 15 is 0 Å². The summed E-state index contributed by atoms with van der Waals surface area (Å²) in [7, 11) is 0. The van der Waals surface area contributed by atoms with E-state index in [1.165, 1.54) is 5.01 Å². The van der Waals surface area contributed by atoms with Crippen LogP contribution in [0.5, 0.6) is 0 Å². The summed E-state index contributed by atoms with van der Waals surface area (Å²) in [5, 5.41) is 5.79. The van der Waals surface area contributed by atoms with Gasteiger partial charge in [0.15, 0.2) is 0 Å². The molecule has 6 heteroatoms. The first-order chi connectivity index (χ1) is 17.6.